The van der Waals surface area contributed by atoms with Crippen molar-refractivity contribution in [3.63, 3.8) is 0 Å². The summed E-state index contributed by atoms with van der Waals surface area (Å²) in [6, 6.07) is 0.261. The van der Waals surface area contributed by atoms with E-state index in [-0.39, 0.29) is 6.04 Å². The predicted octanol–water partition coefficient (Wildman–Crippen LogP) is 4.66. The number of hydrogen-bond acceptors (Lipinski definition) is 4. The van der Waals surface area contributed by atoms with Gasteiger partial charge in [-0.25, -0.2) is 0 Å². The largest absolute Gasteiger partial charge is 0.303 e. The van der Waals surface area contributed by atoms with Crippen molar-refractivity contribution in [2.24, 2.45) is 28.2 Å². The Kier molecular flexibility index (Phi) is 5.43. The molecule has 3 heterocycles. The summed E-state index contributed by atoms with van der Waals surface area (Å²) in [5, 5.41) is 0. The summed E-state index contributed by atoms with van der Waals surface area (Å²) < 4.78 is 0. The molecule has 4 heteroatoms. The molecule has 28 heavy (non-hydrogen) atoms. The lowest BCUT2D eigenvalue weighted by atomic mass is 9.92. The Morgan fingerprint density at radius 3 is 2.32 bits per heavy atom. The lowest BCUT2D eigenvalue weighted by molar-refractivity contribution is 0.245. The SMILES string of the molecule is CC1=NC(C)C=C1c1cnc(CC2C[C@@H]3CN(CCC(C)(C)C)C[C@@H]3C2)cn1. The van der Waals surface area contributed by atoms with Gasteiger partial charge in [0.1, 0.15) is 0 Å². The van der Waals surface area contributed by atoms with E-state index in [4.69, 9.17) is 9.97 Å². The molecule has 2 unspecified atom stereocenters. The van der Waals surface area contributed by atoms with Crippen LogP contribution >= 0.6 is 0 Å². The fourth-order valence-corrected chi connectivity index (χ4v) is 5.31. The Bertz CT molecular complexity index is 742. The quantitative estimate of drug-likeness (QED) is 0.746. The number of rotatable bonds is 5. The molecule has 4 atom stereocenters. The molecule has 0 bridgehead atoms. The van der Waals surface area contributed by atoms with Crippen molar-refractivity contribution in [2.45, 2.75) is 66.3 Å². The van der Waals surface area contributed by atoms with Crippen molar-refractivity contribution in [3.05, 3.63) is 29.9 Å². The van der Waals surface area contributed by atoms with E-state index in [0.717, 1.165) is 46.8 Å². The zero-order chi connectivity index (χ0) is 19.9. The highest BCUT2D eigenvalue weighted by Crippen LogP contribution is 2.43. The average Bonchev–Trinajstić information content (AvgIpc) is 3.26. The summed E-state index contributed by atoms with van der Waals surface area (Å²) in [6.45, 7) is 15.1. The van der Waals surface area contributed by atoms with Gasteiger partial charge in [0.25, 0.3) is 0 Å². The molecule has 3 aliphatic rings. The van der Waals surface area contributed by atoms with Gasteiger partial charge >= 0.3 is 0 Å². The molecule has 1 saturated carbocycles. The number of likely N-dealkylation sites (tertiary alicyclic amines) is 1. The van der Waals surface area contributed by atoms with Gasteiger partial charge in [-0.05, 0) is 75.3 Å². The number of hydrogen-bond donors (Lipinski definition) is 0. The molecule has 0 amide bonds. The van der Waals surface area contributed by atoms with Crippen molar-refractivity contribution in [1.82, 2.24) is 14.9 Å². The van der Waals surface area contributed by atoms with Crippen LogP contribution in [0.25, 0.3) is 5.57 Å². The van der Waals surface area contributed by atoms with Crippen LogP contribution in [0.2, 0.25) is 0 Å². The van der Waals surface area contributed by atoms with E-state index in [1.807, 2.05) is 12.4 Å². The van der Waals surface area contributed by atoms with Gasteiger partial charge in [0.05, 0.1) is 23.6 Å². The van der Waals surface area contributed by atoms with Crippen LogP contribution in [0.15, 0.2) is 23.5 Å². The molecule has 2 aliphatic heterocycles. The van der Waals surface area contributed by atoms with Gasteiger partial charge in [0, 0.05) is 30.6 Å². The van der Waals surface area contributed by atoms with Gasteiger partial charge in [-0.15, -0.1) is 0 Å². The topological polar surface area (TPSA) is 41.4 Å². The monoisotopic (exact) mass is 380 g/mol. The Balaban J connectivity index is 1.28. The van der Waals surface area contributed by atoms with Crippen molar-refractivity contribution < 1.29 is 0 Å². The highest BCUT2D eigenvalue weighted by Gasteiger charge is 2.40. The number of aliphatic imine (C=N–C) groups is 1. The second-order valence-electron chi connectivity index (χ2n) is 10.6. The highest BCUT2D eigenvalue weighted by atomic mass is 15.2. The van der Waals surface area contributed by atoms with Crippen LogP contribution in [0, 0.1) is 23.2 Å². The van der Waals surface area contributed by atoms with E-state index in [1.165, 1.54) is 38.9 Å². The summed E-state index contributed by atoms with van der Waals surface area (Å²) in [7, 11) is 0. The van der Waals surface area contributed by atoms with Gasteiger partial charge in [-0.2, -0.15) is 0 Å². The van der Waals surface area contributed by atoms with Crippen molar-refractivity contribution in [1.29, 1.82) is 0 Å². The van der Waals surface area contributed by atoms with Crippen LogP contribution in [-0.4, -0.2) is 46.3 Å². The smallest absolute Gasteiger partial charge is 0.0901 e. The first-order valence-corrected chi connectivity index (χ1v) is 11.1. The molecule has 152 valence electrons. The standard InChI is InChI=1S/C24H36N4/c1-16-8-22(17(2)27-16)23-13-25-21(12-26-23)11-18-9-19-14-28(15-20(19)10-18)7-6-24(3,4)5/h8,12-13,16,18-20H,6-7,9-11,14-15H2,1-5H3/t16?,18?,19-,20+. The summed E-state index contributed by atoms with van der Waals surface area (Å²) in [6.07, 6.45) is 11.3. The first-order valence-electron chi connectivity index (χ1n) is 11.1. The van der Waals surface area contributed by atoms with Crippen LogP contribution in [0.3, 0.4) is 0 Å². The molecule has 0 radical (unpaired) electrons. The molecule has 0 aromatic carbocycles. The van der Waals surface area contributed by atoms with Crippen LogP contribution < -0.4 is 0 Å². The van der Waals surface area contributed by atoms with E-state index >= 15 is 0 Å². The van der Waals surface area contributed by atoms with Crippen LogP contribution in [0.5, 0.6) is 0 Å². The zero-order valence-corrected chi connectivity index (χ0v) is 18.3. The number of nitrogens with zero attached hydrogens (tertiary/aromatic N) is 4. The zero-order valence-electron chi connectivity index (χ0n) is 18.3. The highest BCUT2D eigenvalue weighted by molar-refractivity contribution is 6.23. The fourth-order valence-electron chi connectivity index (χ4n) is 5.31. The van der Waals surface area contributed by atoms with Crippen LogP contribution in [-0.2, 0) is 6.42 Å². The van der Waals surface area contributed by atoms with Crippen molar-refractivity contribution >= 4 is 11.3 Å². The van der Waals surface area contributed by atoms with E-state index in [2.05, 4.69) is 50.6 Å². The molecule has 4 rings (SSSR count). The third kappa shape index (κ3) is 4.53. The second-order valence-corrected chi connectivity index (χ2v) is 10.6. The molecule has 1 aromatic heterocycles. The number of allylic oxidation sites excluding steroid dienone is 1. The number of aromatic nitrogens is 2. The number of fused-ring (bicyclic) bond motifs is 1. The normalized spacial score (nSPS) is 30.5. The Morgan fingerprint density at radius 1 is 1.07 bits per heavy atom. The van der Waals surface area contributed by atoms with Gasteiger partial charge in [0.2, 0.25) is 0 Å². The lowest BCUT2D eigenvalue weighted by Gasteiger charge is -2.24. The Morgan fingerprint density at radius 2 is 1.79 bits per heavy atom. The Hall–Kier alpha value is -1.55. The molecule has 0 spiro atoms. The van der Waals surface area contributed by atoms with Crippen LogP contribution in [0.4, 0.5) is 0 Å². The molecular formula is C24H36N4. The molecular weight excluding hydrogens is 344 g/mol. The molecule has 2 fully saturated rings. The van der Waals surface area contributed by atoms with Crippen molar-refractivity contribution in [3.8, 4) is 0 Å². The van der Waals surface area contributed by atoms with Gasteiger partial charge in [-0.1, -0.05) is 20.8 Å². The first kappa shape index (κ1) is 19.8. The van der Waals surface area contributed by atoms with Gasteiger partial charge < -0.3 is 4.90 Å². The third-order valence-corrected chi connectivity index (χ3v) is 6.78. The molecule has 1 saturated heterocycles. The van der Waals surface area contributed by atoms with E-state index < -0.39 is 0 Å². The summed E-state index contributed by atoms with van der Waals surface area (Å²) in [5.74, 6) is 2.59. The summed E-state index contributed by atoms with van der Waals surface area (Å²) in [4.78, 5) is 16.7. The molecule has 0 N–H and O–H groups in total. The fraction of sp³-hybridized carbons (Fsp3) is 0.708. The minimum absolute atomic E-state index is 0.261. The minimum Gasteiger partial charge on any atom is -0.303 e. The first-order chi connectivity index (χ1) is 13.3. The Labute approximate surface area is 170 Å². The molecule has 1 aromatic rings. The van der Waals surface area contributed by atoms with Crippen molar-refractivity contribution in [2.75, 3.05) is 19.6 Å². The van der Waals surface area contributed by atoms with E-state index in [0.29, 0.717) is 5.41 Å². The maximum atomic E-state index is 4.74. The molecule has 1 aliphatic carbocycles. The van der Waals surface area contributed by atoms with Gasteiger partial charge in [0.15, 0.2) is 0 Å². The van der Waals surface area contributed by atoms with Crippen LogP contribution in [0.1, 0.15) is 65.3 Å². The summed E-state index contributed by atoms with van der Waals surface area (Å²) in [5.41, 5.74) is 4.79. The second kappa shape index (κ2) is 7.70. The average molecular weight is 381 g/mol. The lowest BCUT2D eigenvalue weighted by Crippen LogP contribution is -2.26. The van der Waals surface area contributed by atoms with E-state index in [1.54, 1.807) is 0 Å². The predicted molar refractivity (Wildman–Crippen MR) is 117 cm³/mol. The maximum absolute atomic E-state index is 4.74. The molecule has 4 nitrogen and oxygen atoms in total. The summed E-state index contributed by atoms with van der Waals surface area (Å²) >= 11 is 0. The van der Waals surface area contributed by atoms with E-state index in [9.17, 15) is 0 Å². The van der Waals surface area contributed by atoms with Gasteiger partial charge in [-0.3, -0.25) is 15.0 Å². The third-order valence-electron chi connectivity index (χ3n) is 6.78. The minimum atomic E-state index is 0.261. The maximum Gasteiger partial charge on any atom is 0.0901 e.